The molecule has 9 nitrogen and oxygen atoms in total. The van der Waals surface area contributed by atoms with E-state index in [2.05, 4.69) is 20.4 Å². The summed E-state index contributed by atoms with van der Waals surface area (Å²) in [5.41, 5.74) is 0.329. The van der Waals surface area contributed by atoms with Crippen molar-refractivity contribution in [3.8, 4) is 11.5 Å². The number of rotatable bonds is 7. The van der Waals surface area contributed by atoms with Gasteiger partial charge in [-0.2, -0.15) is 18.2 Å². The molecule has 1 unspecified atom stereocenters. The van der Waals surface area contributed by atoms with E-state index in [0.717, 1.165) is 6.07 Å². The zero-order valence-corrected chi connectivity index (χ0v) is 17.8. The highest BCUT2D eigenvalue weighted by molar-refractivity contribution is 5.98. The lowest BCUT2D eigenvalue weighted by atomic mass is 10.1. The Bertz CT molecular complexity index is 1030. The summed E-state index contributed by atoms with van der Waals surface area (Å²) in [6.07, 6.45) is -5.85. The zero-order valence-electron chi connectivity index (χ0n) is 17.8. The van der Waals surface area contributed by atoms with Crippen LogP contribution in [0, 0.1) is 0 Å². The molecule has 3 rings (SSSR count). The molecular weight excluding hydrogens is 431 g/mol. The summed E-state index contributed by atoms with van der Waals surface area (Å²) in [6.45, 7) is 1.25. The average molecular weight is 453 g/mol. The van der Waals surface area contributed by atoms with Crippen LogP contribution in [-0.4, -0.2) is 43.4 Å². The molecule has 2 aromatic rings. The summed E-state index contributed by atoms with van der Waals surface area (Å²) in [5, 5.41) is 24.0. The second-order valence-electron chi connectivity index (χ2n) is 6.76. The number of aliphatic hydroxyl groups excluding tert-OH is 1. The molecule has 1 N–H and O–H groups in total. The average Bonchev–Trinajstić information content (AvgIpc) is 3.09. The lowest BCUT2D eigenvalue weighted by molar-refractivity contribution is -0.139. The van der Waals surface area contributed by atoms with Gasteiger partial charge in [-0.05, 0) is 53.3 Å². The van der Waals surface area contributed by atoms with E-state index in [4.69, 9.17) is 9.47 Å². The van der Waals surface area contributed by atoms with Crippen LogP contribution in [0.2, 0.25) is 0 Å². The van der Waals surface area contributed by atoms with Gasteiger partial charge in [0.05, 0.1) is 29.6 Å². The molecule has 0 aromatic heterocycles. The first-order chi connectivity index (χ1) is 15.2. The molecule has 0 amide bonds. The van der Waals surface area contributed by atoms with Crippen LogP contribution in [0.15, 0.2) is 52.0 Å². The second kappa shape index (κ2) is 9.30. The summed E-state index contributed by atoms with van der Waals surface area (Å²) in [7, 11) is 4.26. The third kappa shape index (κ3) is 4.69. The molecule has 0 spiro atoms. The van der Waals surface area contributed by atoms with Crippen LogP contribution in [0.1, 0.15) is 23.6 Å². The molecule has 172 valence electrons. The number of hydrogen-bond acceptors (Lipinski definition) is 9. The maximum Gasteiger partial charge on any atom is 0.419 e. The molecule has 12 heteroatoms. The molecule has 2 aromatic carbocycles. The minimum Gasteiger partial charge on any atom is -0.496 e. The van der Waals surface area contributed by atoms with Crippen molar-refractivity contribution in [2.75, 3.05) is 26.3 Å². The molecule has 0 saturated heterocycles. The first-order valence-corrected chi connectivity index (χ1v) is 9.37. The van der Waals surface area contributed by atoms with E-state index >= 15 is 0 Å². The number of halogens is 3. The Morgan fingerprint density at radius 2 is 1.91 bits per heavy atom. The third-order valence-corrected chi connectivity index (χ3v) is 4.71. The van der Waals surface area contributed by atoms with E-state index in [9.17, 15) is 18.3 Å². The number of methoxy groups -OCH3 is 1. The van der Waals surface area contributed by atoms with Crippen LogP contribution in [-0.2, 0) is 17.6 Å². The molecule has 1 aliphatic heterocycles. The van der Waals surface area contributed by atoms with Crippen LogP contribution >= 0.6 is 0 Å². The van der Waals surface area contributed by atoms with Gasteiger partial charge in [0.2, 0.25) is 6.35 Å². The predicted molar refractivity (Wildman–Crippen MR) is 109 cm³/mol. The third-order valence-electron chi connectivity index (χ3n) is 4.71. The van der Waals surface area contributed by atoms with Gasteiger partial charge in [-0.1, -0.05) is 11.2 Å². The maximum atomic E-state index is 13.7. The number of alkyl halides is 3. The molecule has 0 fully saturated rings. The van der Waals surface area contributed by atoms with Crippen molar-refractivity contribution in [1.29, 1.82) is 0 Å². The van der Waals surface area contributed by atoms with Crippen LogP contribution in [0.25, 0.3) is 0 Å². The fourth-order valence-electron chi connectivity index (χ4n) is 3.08. The normalized spacial score (nSPS) is 16.5. The van der Waals surface area contributed by atoms with E-state index in [1.807, 2.05) is 0 Å². The van der Waals surface area contributed by atoms with Gasteiger partial charge in [0.25, 0.3) is 0 Å². The van der Waals surface area contributed by atoms with Crippen LogP contribution < -0.4 is 14.5 Å². The highest BCUT2D eigenvalue weighted by Crippen LogP contribution is 2.39. The molecular formula is C20H22F3N5O4. The zero-order chi connectivity index (χ0) is 23.5. The Kier molecular flexibility index (Phi) is 6.72. The van der Waals surface area contributed by atoms with Gasteiger partial charge in [0.1, 0.15) is 25.2 Å². The van der Waals surface area contributed by atoms with E-state index < -0.39 is 18.1 Å². The van der Waals surface area contributed by atoms with Gasteiger partial charge in [0.15, 0.2) is 0 Å². The number of aliphatic hydroxyl groups is 1. The maximum absolute atomic E-state index is 13.7. The quantitative estimate of drug-likeness (QED) is 0.504. The van der Waals surface area contributed by atoms with Crippen molar-refractivity contribution in [3.63, 3.8) is 0 Å². The Hall–Kier alpha value is -3.54. The van der Waals surface area contributed by atoms with Gasteiger partial charge < -0.3 is 19.4 Å². The Balaban J connectivity index is 1.96. The summed E-state index contributed by atoms with van der Waals surface area (Å²) in [5.74, 6) is -0.0169. The highest BCUT2D eigenvalue weighted by atomic mass is 19.4. The number of benzene rings is 2. The highest BCUT2D eigenvalue weighted by Gasteiger charge is 2.35. The smallest absolute Gasteiger partial charge is 0.419 e. The first-order valence-electron chi connectivity index (χ1n) is 9.37. The lowest BCUT2D eigenvalue weighted by Crippen LogP contribution is -2.36. The summed E-state index contributed by atoms with van der Waals surface area (Å²) in [6, 6.07) is 8.54. The molecule has 1 heterocycles. The topological polar surface area (TPSA) is 91.5 Å². The van der Waals surface area contributed by atoms with Crippen molar-refractivity contribution >= 4 is 11.4 Å². The van der Waals surface area contributed by atoms with E-state index in [1.165, 1.54) is 50.3 Å². The number of ether oxygens (including phenoxy) is 2. The molecule has 0 radical (unpaired) electrons. The SMILES string of the molecule is CO/N=C(\C)c1ccc(OCc2c(OC)cccc2N2N=NN(C)C2O)c(C(F)(F)F)c1. The molecule has 1 atom stereocenters. The number of hydrogen-bond donors (Lipinski definition) is 1. The summed E-state index contributed by atoms with van der Waals surface area (Å²) in [4.78, 5) is 4.64. The minimum atomic E-state index is -4.66. The first kappa shape index (κ1) is 23.1. The summed E-state index contributed by atoms with van der Waals surface area (Å²) < 4.78 is 52.1. The molecule has 0 aliphatic carbocycles. The second-order valence-corrected chi connectivity index (χ2v) is 6.76. The monoisotopic (exact) mass is 453 g/mol. The van der Waals surface area contributed by atoms with Crippen molar-refractivity contribution in [2.24, 2.45) is 15.6 Å². The molecule has 32 heavy (non-hydrogen) atoms. The van der Waals surface area contributed by atoms with E-state index in [0.29, 0.717) is 17.0 Å². The van der Waals surface area contributed by atoms with Gasteiger partial charge in [-0.15, -0.1) is 0 Å². The van der Waals surface area contributed by atoms with Crippen LogP contribution in [0.3, 0.4) is 0 Å². The number of nitrogens with zero attached hydrogens (tertiary/aromatic N) is 5. The molecule has 0 saturated carbocycles. The number of oxime groups is 1. The largest absolute Gasteiger partial charge is 0.496 e. The predicted octanol–water partition coefficient (Wildman–Crippen LogP) is 3.97. The van der Waals surface area contributed by atoms with E-state index in [1.54, 1.807) is 18.2 Å². The van der Waals surface area contributed by atoms with Crippen LogP contribution in [0.4, 0.5) is 18.9 Å². The summed E-state index contributed by atoms with van der Waals surface area (Å²) >= 11 is 0. The van der Waals surface area contributed by atoms with E-state index in [-0.39, 0.29) is 23.6 Å². The number of anilines is 1. The van der Waals surface area contributed by atoms with Gasteiger partial charge >= 0.3 is 6.18 Å². The fourth-order valence-corrected chi connectivity index (χ4v) is 3.08. The lowest BCUT2D eigenvalue weighted by Gasteiger charge is -2.24. The molecule has 1 aliphatic rings. The Labute approximate surface area is 182 Å². The Morgan fingerprint density at radius 1 is 1.16 bits per heavy atom. The fraction of sp³-hybridized carbons (Fsp3) is 0.350. The van der Waals surface area contributed by atoms with Crippen molar-refractivity contribution in [3.05, 3.63) is 53.1 Å². The molecule has 0 bridgehead atoms. The van der Waals surface area contributed by atoms with Crippen molar-refractivity contribution in [1.82, 2.24) is 5.01 Å². The van der Waals surface area contributed by atoms with Gasteiger partial charge in [-0.3, -0.25) is 0 Å². The van der Waals surface area contributed by atoms with Crippen molar-refractivity contribution < 1.29 is 32.6 Å². The van der Waals surface area contributed by atoms with Gasteiger partial charge in [-0.25, -0.2) is 5.01 Å². The standard InChI is InChI=1S/C20H22F3N5O4/c1-12(24-31-4)13-8-9-18(15(10-13)20(21,22)23)32-11-14-16(6-5-7-17(14)30-3)28-19(29)27(2)25-26-28/h5-10,19,29H,11H2,1-4H3/b24-12+. The minimum absolute atomic E-state index is 0.244. The van der Waals surface area contributed by atoms with Crippen molar-refractivity contribution in [2.45, 2.75) is 26.1 Å². The Morgan fingerprint density at radius 3 is 2.50 bits per heavy atom. The van der Waals surface area contributed by atoms with Gasteiger partial charge in [0, 0.05) is 7.05 Å². The van der Waals surface area contributed by atoms with Crippen LogP contribution in [0.5, 0.6) is 11.5 Å².